The van der Waals surface area contributed by atoms with E-state index in [9.17, 15) is 9.59 Å². The second-order valence-electron chi connectivity index (χ2n) is 14.2. The van der Waals surface area contributed by atoms with E-state index in [4.69, 9.17) is 19.4 Å². The number of halogens is 2. The molecule has 1 heterocycles. The van der Waals surface area contributed by atoms with E-state index in [2.05, 4.69) is 123 Å². The first kappa shape index (κ1) is 42.5. The van der Waals surface area contributed by atoms with Crippen LogP contribution in [0, 0.1) is 6.67 Å². The average Bonchev–Trinajstić information content (AvgIpc) is 3.54. The Bertz CT molecular complexity index is 1550. The van der Waals surface area contributed by atoms with E-state index in [1.807, 2.05) is 13.8 Å². The van der Waals surface area contributed by atoms with Gasteiger partial charge in [-0.3, -0.25) is 0 Å². The van der Waals surface area contributed by atoms with Crippen LogP contribution < -0.4 is 15.1 Å². The van der Waals surface area contributed by atoms with E-state index in [0.29, 0.717) is 29.4 Å². The first-order valence-corrected chi connectivity index (χ1v) is 23.3. The van der Waals surface area contributed by atoms with Gasteiger partial charge in [0, 0.05) is 24.5 Å². The Kier molecular flexibility index (Phi) is 16.5. The zero-order chi connectivity index (χ0) is 38.0. The third-order valence-electron chi connectivity index (χ3n) is 8.45. The van der Waals surface area contributed by atoms with E-state index in [-0.39, 0.29) is 12.7 Å². The monoisotopic (exact) mass is 827 g/mol. The summed E-state index contributed by atoms with van der Waals surface area (Å²) in [5.41, 5.74) is 9.85. The van der Waals surface area contributed by atoms with Gasteiger partial charge in [0.2, 0.25) is 0 Å². The molecule has 3 aromatic rings. The molecule has 1 aliphatic heterocycles. The van der Waals surface area contributed by atoms with Crippen molar-refractivity contribution in [2.24, 2.45) is 0 Å². The Morgan fingerprint density at radius 2 is 1.25 bits per heavy atom. The van der Waals surface area contributed by atoms with Gasteiger partial charge in [-0.1, -0.05) is 91.8 Å². The summed E-state index contributed by atoms with van der Waals surface area (Å²) in [6.07, 6.45) is 0.110. The van der Waals surface area contributed by atoms with Crippen molar-refractivity contribution in [2.75, 3.05) is 34.8 Å². The van der Waals surface area contributed by atoms with Gasteiger partial charge in [-0.15, -0.1) is 0 Å². The van der Waals surface area contributed by atoms with Crippen LogP contribution in [0.4, 0.5) is 17.1 Å². The summed E-state index contributed by atoms with van der Waals surface area (Å²) in [6, 6.07) is 18.8. The number of carbonyl (C=O) groups excluding carboxylic acids is 2. The Balaban J connectivity index is 0.000000287. The summed E-state index contributed by atoms with van der Waals surface area (Å²) in [5, 5.41) is 2.48. The molecule has 0 bridgehead atoms. The first-order chi connectivity index (χ1) is 24.0. The van der Waals surface area contributed by atoms with Crippen LogP contribution >= 0.6 is 19.4 Å². The molecule has 1 amide bonds. The minimum absolute atomic E-state index is 0.110. The summed E-state index contributed by atoms with van der Waals surface area (Å²) in [5.74, 6) is 1.05. The van der Waals surface area contributed by atoms with Gasteiger partial charge < -0.3 is 9.80 Å². The molecule has 2 N–H and O–H groups in total. The number of amides is 1. The van der Waals surface area contributed by atoms with Crippen LogP contribution in [0.2, 0.25) is 0 Å². The topological polar surface area (TPSA) is 74.7 Å². The molecular weight excluding hydrogens is 770 g/mol. The van der Waals surface area contributed by atoms with E-state index in [1.54, 1.807) is 29.7 Å². The molecular formula is C41H57Cl2N3O4Ru. The quantitative estimate of drug-likeness (QED) is 0.0520. The van der Waals surface area contributed by atoms with Crippen molar-refractivity contribution >= 4 is 52.9 Å². The number of anilines is 3. The van der Waals surface area contributed by atoms with Gasteiger partial charge in [0.15, 0.2) is 0 Å². The number of benzene rings is 3. The van der Waals surface area contributed by atoms with Crippen LogP contribution in [0.25, 0.3) is 0 Å². The molecule has 0 aliphatic carbocycles. The van der Waals surface area contributed by atoms with Crippen molar-refractivity contribution in [3.05, 3.63) is 89.1 Å². The number of hydrogen-bond donors (Lipinski definition) is 1. The zero-order valence-electron chi connectivity index (χ0n) is 32.0. The standard InChI is InChI=1S/C27H39N2.C14H17NO4.2ClH.Ru/c1-18(2)22-11-9-12-23(19(3)4)26(22)28-15-16-29(17-28)27-24(20(5)6)13-10-14-25(27)21(7)8;1-5-18-14(17)13(16)15-11-6-7-12(10(4)8-11)19-9(2)3;;;/h9-14,17-21H,15-16H2,1-8H3;4,6-9H,5H2,1-3H3,(H,15,16);2*1H;/q-1;;;;+2/p-1. The second-order valence-corrected chi connectivity index (χ2v) is 19.9. The molecule has 0 unspecified atom stereocenters. The number of esters is 1. The van der Waals surface area contributed by atoms with Crippen molar-refractivity contribution in [1.82, 2.24) is 0 Å². The number of rotatable bonds is 11. The number of aromatic hydroxyl groups is 1. The molecule has 0 aromatic heterocycles. The van der Waals surface area contributed by atoms with Crippen LogP contribution in [0.3, 0.4) is 0 Å². The molecule has 51 heavy (non-hydrogen) atoms. The number of nitrogens with one attached hydrogen (secondary N) is 1. The number of nitrogens with zero attached hydrogens (tertiary/aromatic N) is 2. The van der Waals surface area contributed by atoms with Crippen molar-refractivity contribution in [2.45, 2.75) is 106 Å². The van der Waals surface area contributed by atoms with Crippen molar-refractivity contribution in [3.8, 4) is 5.75 Å². The number of para-hydroxylation sites is 2. The molecule has 282 valence electrons. The zero-order valence-corrected chi connectivity index (χ0v) is 35.3. The number of carbonyl (C=O) groups is 2. The van der Waals surface area contributed by atoms with Crippen LogP contribution in [0.1, 0.15) is 128 Å². The second kappa shape index (κ2) is 19.8. The molecule has 1 aliphatic rings. The van der Waals surface area contributed by atoms with Gasteiger partial charge in [0.05, 0.1) is 0 Å². The average molecular weight is 828 g/mol. The van der Waals surface area contributed by atoms with Crippen LogP contribution in [0.15, 0.2) is 54.6 Å². The fraction of sp³-hybridized carbons (Fsp3) is 0.463. The van der Waals surface area contributed by atoms with Gasteiger partial charge in [0.1, 0.15) is 0 Å². The van der Waals surface area contributed by atoms with E-state index in [1.165, 1.54) is 33.6 Å². The fourth-order valence-corrected chi connectivity index (χ4v) is 7.89. The van der Waals surface area contributed by atoms with Crippen LogP contribution in [-0.2, 0) is 27.8 Å². The minimum atomic E-state index is -2.04. The van der Waals surface area contributed by atoms with E-state index >= 15 is 0 Å². The van der Waals surface area contributed by atoms with Gasteiger partial charge in [-0.05, 0) is 45.9 Å². The maximum atomic E-state index is 11.6. The first-order valence-electron chi connectivity index (χ1n) is 17.9. The molecule has 1 saturated heterocycles. The molecule has 7 nitrogen and oxygen atoms in total. The third kappa shape index (κ3) is 11.8. The molecule has 3 aromatic carbocycles. The van der Waals surface area contributed by atoms with E-state index in [0.717, 1.165) is 24.4 Å². The van der Waals surface area contributed by atoms with Gasteiger partial charge in [-0.2, -0.15) is 6.67 Å². The Hall–Kier alpha value is -2.93. The third-order valence-corrected chi connectivity index (χ3v) is 10.3. The number of hydrogen-bond acceptors (Lipinski definition) is 5. The van der Waals surface area contributed by atoms with Crippen molar-refractivity contribution in [1.29, 1.82) is 0 Å². The van der Waals surface area contributed by atoms with Crippen molar-refractivity contribution < 1.29 is 32.6 Å². The summed E-state index contributed by atoms with van der Waals surface area (Å²) < 4.78 is 10.8. The molecule has 1 fully saturated rings. The predicted octanol–water partition coefficient (Wildman–Crippen LogP) is 10.5. The van der Waals surface area contributed by atoms with Crippen molar-refractivity contribution in [3.63, 3.8) is 0 Å². The maximum absolute atomic E-state index is 11.6. The molecule has 10 heteroatoms. The SMILES string of the molecule is CC(C)c1cccc(C(C)C)c1N1[CH-]N(c2c(C(C)C)cccc2C(C)C)CC1.CCOC(=O)C(=O)Nc1ccc([OH+]C(C)C)c([CH]=[Ru]([Cl])[Cl])c1. The summed E-state index contributed by atoms with van der Waals surface area (Å²) in [7, 11) is 11.8. The molecule has 0 spiro atoms. The van der Waals surface area contributed by atoms with E-state index < -0.39 is 25.4 Å². The Labute approximate surface area is 319 Å². The summed E-state index contributed by atoms with van der Waals surface area (Å²) >= 11 is -2.04. The van der Waals surface area contributed by atoms with Gasteiger partial charge >= 0.3 is 142 Å². The summed E-state index contributed by atoms with van der Waals surface area (Å²) in [6.45, 7) is 28.6. The normalized spacial score (nSPS) is 13.2. The van der Waals surface area contributed by atoms with Crippen LogP contribution in [-0.4, -0.2) is 47.0 Å². The molecule has 4 rings (SSSR count). The van der Waals surface area contributed by atoms with Gasteiger partial charge in [0.25, 0.3) is 0 Å². The molecule has 0 atom stereocenters. The molecule has 0 radical (unpaired) electrons. The molecule has 0 saturated carbocycles. The van der Waals surface area contributed by atoms with Crippen LogP contribution in [0.5, 0.6) is 5.75 Å². The summed E-state index contributed by atoms with van der Waals surface area (Å²) in [4.78, 5) is 28.0. The predicted molar refractivity (Wildman–Crippen MR) is 214 cm³/mol. The van der Waals surface area contributed by atoms with Gasteiger partial charge in [-0.25, -0.2) is 0 Å². The fourth-order valence-electron chi connectivity index (χ4n) is 6.10. The number of aliphatic hydroxyl groups is 1. The Morgan fingerprint density at radius 3 is 1.63 bits per heavy atom. The number of ether oxygens (including phenoxy) is 2. The Morgan fingerprint density at radius 1 is 0.804 bits per heavy atom.